The molecule has 0 fully saturated rings. The van der Waals surface area contributed by atoms with Crippen LogP contribution in [0.3, 0.4) is 0 Å². The molecule has 0 aromatic rings. The van der Waals surface area contributed by atoms with E-state index in [1.54, 1.807) is 0 Å². The summed E-state index contributed by atoms with van der Waals surface area (Å²) in [5.41, 5.74) is 5.25. The third-order valence-corrected chi connectivity index (χ3v) is 9.24. The number of nitrogens with two attached hydrogens (primary N) is 1. The quantitative estimate of drug-likeness (QED) is 0.0466. The second-order valence-corrected chi connectivity index (χ2v) is 15.1. The Bertz CT molecular complexity index is 796. The van der Waals surface area contributed by atoms with Crippen molar-refractivity contribution in [3.8, 4) is 6.07 Å². The van der Waals surface area contributed by atoms with E-state index >= 15 is 0 Å². The molecular formula is C30H70N5O11P3-2. The Morgan fingerprint density at radius 1 is 0.714 bits per heavy atom. The first-order valence-electron chi connectivity index (χ1n) is 17.2. The summed E-state index contributed by atoms with van der Waals surface area (Å²) in [6, 6.07) is 2.85. The van der Waals surface area contributed by atoms with Gasteiger partial charge >= 0.3 is 0 Å². The van der Waals surface area contributed by atoms with E-state index in [0.717, 1.165) is 71.8 Å². The van der Waals surface area contributed by atoms with Crippen LogP contribution in [0.4, 0.5) is 0 Å². The van der Waals surface area contributed by atoms with E-state index in [9.17, 15) is 18.9 Å². The molecule has 0 rings (SSSR count). The van der Waals surface area contributed by atoms with Crippen LogP contribution in [0.15, 0.2) is 0 Å². The van der Waals surface area contributed by atoms with Crippen molar-refractivity contribution in [1.29, 1.82) is 5.26 Å². The molecule has 19 heteroatoms. The van der Waals surface area contributed by atoms with Gasteiger partial charge in [-0.3, -0.25) is 9.13 Å². The van der Waals surface area contributed by atoms with E-state index in [-0.39, 0.29) is 13.2 Å². The average molecular weight is 770 g/mol. The molecule has 0 aromatic heterocycles. The van der Waals surface area contributed by atoms with Crippen molar-refractivity contribution in [2.24, 2.45) is 5.73 Å². The zero-order valence-electron chi connectivity index (χ0n) is 31.2. The van der Waals surface area contributed by atoms with Gasteiger partial charge in [0.15, 0.2) is 0 Å². The van der Waals surface area contributed by atoms with Crippen molar-refractivity contribution in [3.05, 3.63) is 0 Å². The van der Waals surface area contributed by atoms with Crippen LogP contribution < -0.4 is 26.2 Å². The minimum absolute atomic E-state index is 0.0574. The molecule has 0 spiro atoms. The third kappa shape index (κ3) is 50.0. The summed E-state index contributed by atoms with van der Waals surface area (Å²) < 4.78 is 42.6. The molecule has 0 aliphatic carbocycles. The van der Waals surface area contributed by atoms with Gasteiger partial charge in [-0.05, 0) is 99.9 Å². The number of phosphoric ester groups is 2. The summed E-state index contributed by atoms with van der Waals surface area (Å²) in [6.45, 7) is 12.6. The van der Waals surface area contributed by atoms with Gasteiger partial charge in [0.2, 0.25) is 0 Å². The summed E-state index contributed by atoms with van der Waals surface area (Å²) in [5, 5.41) is 21.9. The van der Waals surface area contributed by atoms with Crippen molar-refractivity contribution in [3.63, 3.8) is 0 Å². The molecule has 49 heavy (non-hydrogen) atoms. The van der Waals surface area contributed by atoms with Gasteiger partial charge in [-0.25, -0.2) is 4.67 Å². The average Bonchev–Trinajstić information content (AvgIpc) is 3.02. The van der Waals surface area contributed by atoms with Gasteiger partial charge in [0, 0.05) is 19.2 Å². The molecule has 7 N–H and O–H groups in total. The SMILES string of the molecule is CNCCCCCCOP(=O)([O-])O.CNCCCCCCOP(OCCC#N)N(C(C)C)C(C)C.CO.NCCCCCCOP(=O)([O-])O. The van der Waals surface area contributed by atoms with Gasteiger partial charge in [0.25, 0.3) is 24.2 Å². The molecule has 0 heterocycles. The highest BCUT2D eigenvalue weighted by Gasteiger charge is 2.26. The predicted molar refractivity (Wildman–Crippen MR) is 193 cm³/mol. The van der Waals surface area contributed by atoms with Crippen LogP contribution >= 0.6 is 24.2 Å². The first kappa shape index (κ1) is 55.6. The van der Waals surface area contributed by atoms with Crippen molar-refractivity contribution in [1.82, 2.24) is 15.3 Å². The highest BCUT2D eigenvalue weighted by atomic mass is 31.2. The lowest BCUT2D eigenvalue weighted by Gasteiger charge is -2.35. The Morgan fingerprint density at radius 3 is 1.43 bits per heavy atom. The van der Waals surface area contributed by atoms with Gasteiger partial charge in [-0.2, -0.15) is 5.26 Å². The molecular weight excluding hydrogens is 699 g/mol. The van der Waals surface area contributed by atoms with Crippen molar-refractivity contribution in [2.75, 3.05) is 67.3 Å². The molecule has 298 valence electrons. The number of hydrogen-bond donors (Lipinski definition) is 6. The van der Waals surface area contributed by atoms with Crippen molar-refractivity contribution in [2.45, 2.75) is 123 Å². The Balaban J connectivity index is -0.000000322. The maximum atomic E-state index is 10.1. The van der Waals surface area contributed by atoms with E-state index in [0.29, 0.717) is 44.5 Å². The van der Waals surface area contributed by atoms with Crippen LogP contribution in [0.25, 0.3) is 0 Å². The van der Waals surface area contributed by atoms with E-state index in [1.807, 2.05) is 14.1 Å². The fraction of sp³-hybridized carbons (Fsp3) is 0.967. The van der Waals surface area contributed by atoms with E-state index < -0.39 is 24.2 Å². The summed E-state index contributed by atoms with van der Waals surface area (Å²) >= 11 is 0. The predicted octanol–water partition coefficient (Wildman–Crippen LogP) is 3.89. The molecule has 16 nitrogen and oxygen atoms in total. The van der Waals surface area contributed by atoms with Crippen molar-refractivity contribution >= 4 is 24.2 Å². The Hall–Kier alpha value is -0.140. The lowest BCUT2D eigenvalue weighted by molar-refractivity contribution is -0.221. The Morgan fingerprint density at radius 2 is 1.08 bits per heavy atom. The topological polar surface area (TPSA) is 255 Å². The van der Waals surface area contributed by atoms with E-state index in [4.69, 9.17) is 34.9 Å². The smallest absolute Gasteiger partial charge is 0.265 e. The number of hydrogen-bond acceptors (Lipinski definition) is 14. The Kier molecular flexibility index (Phi) is 46.1. The van der Waals surface area contributed by atoms with Gasteiger partial charge in [0.05, 0.1) is 38.9 Å². The number of aliphatic hydroxyl groups is 1. The molecule has 3 unspecified atom stereocenters. The number of nitrogens with one attached hydrogen (secondary N) is 2. The van der Waals surface area contributed by atoms with Gasteiger partial charge in [-0.15, -0.1) is 0 Å². The maximum Gasteiger partial charge on any atom is 0.265 e. The van der Waals surface area contributed by atoms with Crippen LogP contribution in [0, 0.1) is 11.3 Å². The normalized spacial score (nSPS) is 14.0. The van der Waals surface area contributed by atoms with Crippen molar-refractivity contribution < 1.29 is 51.9 Å². The molecule has 0 radical (unpaired) electrons. The highest BCUT2D eigenvalue weighted by molar-refractivity contribution is 7.45. The maximum absolute atomic E-state index is 10.1. The molecule has 0 aliphatic rings. The number of aliphatic hydroxyl groups excluding tert-OH is 1. The molecule has 0 bridgehead atoms. The van der Waals surface area contributed by atoms with E-state index in [2.05, 4.69) is 58.1 Å². The standard InChI is InChI=1S/C16H34N3O2P.C7H18NO4P.C6H16NO4P.CH4O/c1-15(2)19(16(3)4)22(21-14-10-11-17)20-13-9-7-6-8-12-18-5;1-8-6-4-2-3-5-7-12-13(9,10)11;7-5-3-1-2-4-6-11-12(8,9)10;1-2/h15-16,18H,6-10,12-14H2,1-5H3;8H,2-7H2,1H3,(H2,9,10,11);1-7H2,(H2,8,9,10);2H,1H3/p-2. The number of nitriles is 1. The second-order valence-electron chi connectivity index (χ2n) is 11.2. The van der Waals surface area contributed by atoms with Crippen LogP contribution in [-0.2, 0) is 27.2 Å². The number of nitrogens with zero attached hydrogens (tertiary/aromatic N) is 2. The van der Waals surface area contributed by atoms with Gasteiger partial charge in [0.1, 0.15) is 0 Å². The molecule has 3 atom stereocenters. The zero-order chi connectivity index (χ0) is 38.4. The first-order chi connectivity index (χ1) is 23.2. The zero-order valence-corrected chi connectivity index (χ0v) is 33.9. The summed E-state index contributed by atoms with van der Waals surface area (Å²) in [4.78, 5) is 36.6. The molecule has 0 saturated carbocycles. The van der Waals surface area contributed by atoms with Crippen LogP contribution in [0.1, 0.15) is 111 Å². The molecule has 0 amide bonds. The molecule has 0 saturated heterocycles. The summed E-state index contributed by atoms with van der Waals surface area (Å²) in [5.74, 6) is 0. The molecule has 0 aliphatic heterocycles. The summed E-state index contributed by atoms with van der Waals surface area (Å²) in [7, 11) is -5.18. The minimum atomic E-state index is -4.50. The fourth-order valence-electron chi connectivity index (χ4n) is 3.93. The number of phosphoric acid groups is 2. The van der Waals surface area contributed by atoms with Gasteiger partial charge in [-0.1, -0.05) is 38.5 Å². The first-order valence-corrected chi connectivity index (χ1v) is 21.3. The van der Waals surface area contributed by atoms with Crippen LogP contribution in [0.5, 0.6) is 0 Å². The second kappa shape index (κ2) is 40.6. The largest absolute Gasteiger partial charge is 0.756 e. The monoisotopic (exact) mass is 769 g/mol. The minimum Gasteiger partial charge on any atom is -0.756 e. The lowest BCUT2D eigenvalue weighted by atomic mass is 10.2. The van der Waals surface area contributed by atoms with Crippen LogP contribution in [-0.4, -0.2) is 98.9 Å². The van der Waals surface area contributed by atoms with Crippen LogP contribution in [0.2, 0.25) is 0 Å². The summed E-state index contributed by atoms with van der Waals surface area (Å²) in [6.07, 6.45) is 12.2. The van der Waals surface area contributed by atoms with E-state index in [1.165, 1.54) is 19.3 Å². The lowest BCUT2D eigenvalue weighted by Crippen LogP contribution is -2.33. The fourth-order valence-corrected chi connectivity index (χ4v) is 6.28. The van der Waals surface area contributed by atoms with Gasteiger partial charge < -0.3 is 59.1 Å². The third-order valence-electron chi connectivity index (χ3n) is 6.11. The molecule has 0 aromatic carbocycles. The highest BCUT2D eigenvalue weighted by Crippen LogP contribution is 2.46. The Labute approximate surface area is 298 Å². The number of rotatable bonds is 29. The number of unbranched alkanes of at least 4 members (excludes halogenated alkanes) is 9.